The summed E-state index contributed by atoms with van der Waals surface area (Å²) in [4.78, 5) is 2.53. The van der Waals surface area contributed by atoms with Gasteiger partial charge in [0.1, 0.15) is 6.23 Å². The van der Waals surface area contributed by atoms with Gasteiger partial charge in [0, 0.05) is 32.4 Å². The van der Waals surface area contributed by atoms with Crippen LogP contribution in [0, 0.1) is 6.92 Å². The maximum atomic E-state index is 5.84. The molecule has 0 spiro atoms. The molecule has 0 radical (unpaired) electrons. The molecule has 0 saturated carbocycles. The van der Waals surface area contributed by atoms with Gasteiger partial charge in [-0.05, 0) is 65.3 Å². The van der Waals surface area contributed by atoms with E-state index in [1.165, 1.54) is 51.1 Å². The molecule has 1 unspecified atom stereocenters. The smallest absolute Gasteiger partial charge is 0.134 e. The lowest BCUT2D eigenvalue weighted by molar-refractivity contribution is 0.0720. The second-order valence-corrected chi connectivity index (χ2v) is 9.42. The molecule has 1 atom stereocenters. The van der Waals surface area contributed by atoms with E-state index >= 15 is 0 Å². The van der Waals surface area contributed by atoms with Gasteiger partial charge in [0.25, 0.3) is 0 Å². The summed E-state index contributed by atoms with van der Waals surface area (Å²) in [5, 5.41) is 3.57. The maximum absolute atomic E-state index is 5.84. The predicted molar refractivity (Wildman–Crippen MR) is 145 cm³/mol. The molecule has 1 heterocycles. The van der Waals surface area contributed by atoms with Crippen LogP contribution in [0.3, 0.4) is 0 Å². The first-order valence-electron chi connectivity index (χ1n) is 12.5. The highest BCUT2D eigenvalue weighted by atomic mass is 16.5. The Bertz CT molecular complexity index is 1250. The molecule has 3 nitrogen and oxygen atoms in total. The molecule has 1 aliphatic rings. The van der Waals surface area contributed by atoms with Gasteiger partial charge in [0.2, 0.25) is 0 Å². The van der Waals surface area contributed by atoms with Crippen molar-refractivity contribution in [1.82, 2.24) is 5.32 Å². The van der Waals surface area contributed by atoms with Gasteiger partial charge in [-0.2, -0.15) is 0 Å². The Hall–Kier alpha value is -3.40. The van der Waals surface area contributed by atoms with E-state index < -0.39 is 0 Å². The molecule has 0 bridgehead atoms. The number of ether oxygens (including phenoxy) is 1. The van der Waals surface area contributed by atoms with E-state index in [4.69, 9.17) is 4.74 Å². The summed E-state index contributed by atoms with van der Waals surface area (Å²) in [6.45, 7) is 4.88. The van der Waals surface area contributed by atoms with Gasteiger partial charge in [-0.1, -0.05) is 90.5 Å². The molecule has 0 fully saturated rings. The number of hydrogen-bond donors (Lipinski definition) is 1. The lowest BCUT2D eigenvalue weighted by Crippen LogP contribution is -2.29. The first-order chi connectivity index (χ1) is 17.2. The third kappa shape index (κ3) is 5.48. The van der Waals surface area contributed by atoms with Gasteiger partial charge >= 0.3 is 0 Å². The zero-order valence-corrected chi connectivity index (χ0v) is 20.7. The van der Waals surface area contributed by atoms with Crippen LogP contribution in [0.25, 0.3) is 11.1 Å². The molecule has 0 aliphatic carbocycles. The third-order valence-corrected chi connectivity index (χ3v) is 6.93. The van der Waals surface area contributed by atoms with E-state index in [-0.39, 0.29) is 6.23 Å². The van der Waals surface area contributed by atoms with Crippen LogP contribution in [-0.2, 0) is 24.2 Å². The largest absolute Gasteiger partial charge is 0.367 e. The molecule has 178 valence electrons. The fourth-order valence-corrected chi connectivity index (χ4v) is 5.04. The summed E-state index contributed by atoms with van der Waals surface area (Å²) < 4.78 is 5.84. The molecule has 35 heavy (non-hydrogen) atoms. The molecule has 0 aromatic heterocycles. The Balaban J connectivity index is 1.34. The van der Waals surface area contributed by atoms with Gasteiger partial charge in [0.05, 0.1) is 0 Å². The van der Waals surface area contributed by atoms with Gasteiger partial charge in [-0.15, -0.1) is 0 Å². The van der Waals surface area contributed by atoms with E-state index in [1.54, 1.807) is 7.11 Å². The molecule has 4 aromatic carbocycles. The molecule has 1 N–H and O–H groups in total. The van der Waals surface area contributed by atoms with Crippen LogP contribution in [0.2, 0.25) is 0 Å². The lowest BCUT2D eigenvalue weighted by Gasteiger charge is -2.33. The fraction of sp³-hybridized carbons (Fsp3) is 0.250. The molecule has 5 rings (SSSR count). The Kier molecular flexibility index (Phi) is 7.27. The zero-order chi connectivity index (χ0) is 24.0. The van der Waals surface area contributed by atoms with Gasteiger partial charge in [-0.25, -0.2) is 0 Å². The van der Waals surface area contributed by atoms with Crippen molar-refractivity contribution in [3.8, 4) is 11.1 Å². The van der Waals surface area contributed by atoms with Crippen molar-refractivity contribution >= 4 is 5.69 Å². The highest BCUT2D eigenvalue weighted by Gasteiger charge is 2.20. The number of anilines is 1. The number of methoxy groups -OCH3 is 1. The number of rotatable bonds is 8. The van der Waals surface area contributed by atoms with Crippen LogP contribution in [-0.4, -0.2) is 13.7 Å². The minimum Gasteiger partial charge on any atom is -0.367 e. The van der Waals surface area contributed by atoms with Crippen molar-refractivity contribution in [2.24, 2.45) is 0 Å². The summed E-state index contributed by atoms with van der Waals surface area (Å²) in [7, 11) is 1.78. The summed E-state index contributed by atoms with van der Waals surface area (Å²) in [5.74, 6) is 0. The molecular formula is C32H34N2O. The Morgan fingerprint density at radius 1 is 0.886 bits per heavy atom. The average Bonchev–Trinajstić information content (AvgIpc) is 2.91. The number of fused-ring (bicyclic) bond motifs is 1. The topological polar surface area (TPSA) is 24.5 Å². The van der Waals surface area contributed by atoms with E-state index in [0.717, 1.165) is 26.1 Å². The Morgan fingerprint density at radius 2 is 1.66 bits per heavy atom. The lowest BCUT2D eigenvalue weighted by atomic mass is 9.96. The van der Waals surface area contributed by atoms with Crippen LogP contribution in [0.5, 0.6) is 0 Å². The third-order valence-electron chi connectivity index (χ3n) is 6.93. The first-order valence-corrected chi connectivity index (χ1v) is 12.5. The number of nitrogens with one attached hydrogen (secondary N) is 1. The normalized spacial score (nSPS) is 13.9. The van der Waals surface area contributed by atoms with Crippen LogP contribution >= 0.6 is 0 Å². The van der Waals surface area contributed by atoms with Crippen LogP contribution < -0.4 is 10.2 Å². The van der Waals surface area contributed by atoms with Crippen molar-refractivity contribution in [2.45, 2.75) is 39.1 Å². The van der Waals surface area contributed by atoms with Crippen molar-refractivity contribution in [3.63, 3.8) is 0 Å². The zero-order valence-electron chi connectivity index (χ0n) is 20.7. The predicted octanol–water partition coefficient (Wildman–Crippen LogP) is 7.05. The van der Waals surface area contributed by atoms with Gasteiger partial charge in [-0.3, -0.25) is 5.32 Å². The number of aryl methyl sites for hydroxylation is 2. The second-order valence-electron chi connectivity index (χ2n) is 9.42. The molecule has 4 aromatic rings. The SMILES string of the molecule is COC(NCc1ccc(C)cc1)c1ccc2c(c1)CCCN2Cc1ccccc1-c1ccccc1. The Morgan fingerprint density at radius 3 is 2.46 bits per heavy atom. The molecule has 0 amide bonds. The first kappa shape index (κ1) is 23.3. The molecule has 0 saturated heterocycles. The van der Waals surface area contributed by atoms with Crippen LogP contribution in [0.4, 0.5) is 5.69 Å². The van der Waals surface area contributed by atoms with E-state index in [2.05, 4.69) is 114 Å². The monoisotopic (exact) mass is 462 g/mol. The molecular weight excluding hydrogens is 428 g/mol. The second kappa shape index (κ2) is 10.9. The number of nitrogens with zero attached hydrogens (tertiary/aromatic N) is 1. The van der Waals surface area contributed by atoms with Crippen LogP contribution in [0.15, 0.2) is 97.1 Å². The van der Waals surface area contributed by atoms with Crippen molar-refractivity contribution in [1.29, 1.82) is 0 Å². The van der Waals surface area contributed by atoms with E-state index in [0.29, 0.717) is 0 Å². The van der Waals surface area contributed by atoms with Crippen molar-refractivity contribution < 1.29 is 4.74 Å². The summed E-state index contributed by atoms with van der Waals surface area (Å²) in [5.41, 5.74) is 10.4. The minimum atomic E-state index is -0.129. The van der Waals surface area contributed by atoms with Crippen molar-refractivity contribution in [2.75, 3.05) is 18.6 Å². The van der Waals surface area contributed by atoms with E-state index in [1.807, 2.05) is 0 Å². The minimum absolute atomic E-state index is 0.129. The van der Waals surface area contributed by atoms with Crippen molar-refractivity contribution in [3.05, 3.63) is 125 Å². The fourth-order valence-electron chi connectivity index (χ4n) is 5.04. The molecule has 1 aliphatic heterocycles. The standard InChI is InChI=1S/C32H34N2O/c1-24-14-16-25(17-15-24)22-33-32(35-2)28-18-19-31-27(21-28)12-8-20-34(31)23-29-11-6-7-13-30(29)26-9-4-3-5-10-26/h3-7,9-11,13-19,21,32-33H,8,12,20,22-23H2,1-2H3. The average molecular weight is 463 g/mol. The molecule has 3 heteroatoms. The van der Waals surface area contributed by atoms with Gasteiger partial charge in [0.15, 0.2) is 0 Å². The highest BCUT2D eigenvalue weighted by Crippen LogP contribution is 2.33. The highest BCUT2D eigenvalue weighted by molar-refractivity contribution is 5.68. The van der Waals surface area contributed by atoms with Gasteiger partial charge < -0.3 is 9.64 Å². The van der Waals surface area contributed by atoms with Crippen LogP contribution in [0.1, 0.15) is 40.5 Å². The summed E-state index contributed by atoms with van der Waals surface area (Å²) in [6, 6.07) is 35.0. The summed E-state index contributed by atoms with van der Waals surface area (Å²) in [6.07, 6.45) is 2.14. The maximum Gasteiger partial charge on any atom is 0.134 e. The van der Waals surface area contributed by atoms with E-state index in [9.17, 15) is 0 Å². The number of hydrogen-bond acceptors (Lipinski definition) is 3. The summed E-state index contributed by atoms with van der Waals surface area (Å²) >= 11 is 0. The quantitative estimate of drug-likeness (QED) is 0.284. The number of benzene rings is 4. The Labute approximate surface area is 209 Å².